The fourth-order valence-corrected chi connectivity index (χ4v) is 4.77. The molecule has 3 atom stereocenters. The summed E-state index contributed by atoms with van der Waals surface area (Å²) in [6.07, 6.45) is 2.50. The number of rotatable bonds is 9. The van der Waals surface area contributed by atoms with Gasteiger partial charge in [-0.2, -0.15) is 5.10 Å². The SMILES string of the molecule is COC(=O)NCCCn1nc([C@@H](C)N(C(=O)[C@H]2CCC[C@@H](C(=O)OC)O2)C2CC2)c2ccc(C)nc21. The first-order chi connectivity index (χ1) is 17.3. The van der Waals surface area contributed by atoms with Gasteiger partial charge in [0.25, 0.3) is 5.91 Å². The largest absolute Gasteiger partial charge is 0.467 e. The summed E-state index contributed by atoms with van der Waals surface area (Å²) in [6.45, 7) is 4.91. The van der Waals surface area contributed by atoms with E-state index in [-0.39, 0.29) is 18.0 Å². The van der Waals surface area contributed by atoms with E-state index in [1.165, 1.54) is 14.2 Å². The molecule has 0 bridgehead atoms. The van der Waals surface area contributed by atoms with Crippen molar-refractivity contribution in [2.75, 3.05) is 20.8 Å². The van der Waals surface area contributed by atoms with Crippen molar-refractivity contribution in [3.05, 3.63) is 23.5 Å². The topological polar surface area (TPSA) is 125 Å². The van der Waals surface area contributed by atoms with Gasteiger partial charge in [-0.25, -0.2) is 19.3 Å². The van der Waals surface area contributed by atoms with Crippen molar-refractivity contribution in [1.82, 2.24) is 25.0 Å². The van der Waals surface area contributed by atoms with Gasteiger partial charge >= 0.3 is 12.1 Å². The number of methoxy groups -OCH3 is 2. The van der Waals surface area contributed by atoms with Gasteiger partial charge in [-0.05, 0) is 64.5 Å². The third-order valence-electron chi connectivity index (χ3n) is 6.77. The molecule has 2 amide bonds. The molecular weight excluding hydrogens is 466 g/mol. The molecule has 0 radical (unpaired) electrons. The van der Waals surface area contributed by atoms with Crippen LogP contribution >= 0.6 is 0 Å². The first-order valence-corrected chi connectivity index (χ1v) is 12.5. The van der Waals surface area contributed by atoms with Crippen molar-refractivity contribution in [1.29, 1.82) is 0 Å². The number of amides is 2. The van der Waals surface area contributed by atoms with Gasteiger partial charge in [0, 0.05) is 30.2 Å². The predicted molar refractivity (Wildman–Crippen MR) is 130 cm³/mol. The smallest absolute Gasteiger partial charge is 0.406 e. The molecule has 2 aliphatic rings. The zero-order valence-corrected chi connectivity index (χ0v) is 21.4. The van der Waals surface area contributed by atoms with E-state index in [9.17, 15) is 14.4 Å². The van der Waals surface area contributed by atoms with E-state index in [4.69, 9.17) is 19.6 Å². The van der Waals surface area contributed by atoms with Crippen molar-refractivity contribution in [3.63, 3.8) is 0 Å². The van der Waals surface area contributed by atoms with Crippen LogP contribution in [0.4, 0.5) is 4.79 Å². The number of carbonyl (C=O) groups excluding carboxylic acids is 3. The molecule has 3 heterocycles. The molecule has 1 aliphatic heterocycles. The second kappa shape index (κ2) is 11.2. The van der Waals surface area contributed by atoms with E-state index in [0.717, 1.165) is 41.7 Å². The normalized spacial score (nSPS) is 20.6. The van der Waals surface area contributed by atoms with Crippen LogP contribution in [0.3, 0.4) is 0 Å². The van der Waals surface area contributed by atoms with Gasteiger partial charge in [-0.1, -0.05) is 0 Å². The molecule has 196 valence electrons. The molecule has 2 aromatic heterocycles. The number of alkyl carbamates (subject to hydrolysis) is 1. The molecule has 1 N–H and O–H groups in total. The summed E-state index contributed by atoms with van der Waals surface area (Å²) in [6, 6.07) is 3.77. The van der Waals surface area contributed by atoms with Gasteiger partial charge in [-0.3, -0.25) is 4.79 Å². The third kappa shape index (κ3) is 5.61. The third-order valence-corrected chi connectivity index (χ3v) is 6.77. The first kappa shape index (κ1) is 25.9. The molecule has 2 fully saturated rings. The molecule has 1 saturated carbocycles. The molecule has 36 heavy (non-hydrogen) atoms. The Morgan fingerprint density at radius 3 is 2.61 bits per heavy atom. The molecule has 11 heteroatoms. The van der Waals surface area contributed by atoms with Crippen molar-refractivity contribution in [2.45, 2.75) is 83.2 Å². The lowest BCUT2D eigenvalue weighted by Crippen LogP contribution is -2.47. The zero-order chi connectivity index (χ0) is 25.8. The van der Waals surface area contributed by atoms with E-state index < -0.39 is 24.3 Å². The minimum absolute atomic E-state index is 0.108. The molecule has 0 unspecified atom stereocenters. The maximum Gasteiger partial charge on any atom is 0.406 e. The van der Waals surface area contributed by atoms with Gasteiger partial charge in [-0.15, -0.1) is 0 Å². The fourth-order valence-electron chi connectivity index (χ4n) is 4.77. The summed E-state index contributed by atoms with van der Waals surface area (Å²) in [5, 5.41) is 8.45. The van der Waals surface area contributed by atoms with E-state index in [1.807, 2.05) is 35.6 Å². The summed E-state index contributed by atoms with van der Waals surface area (Å²) in [5.74, 6) is -0.546. The van der Waals surface area contributed by atoms with E-state index in [1.54, 1.807) is 0 Å². The van der Waals surface area contributed by atoms with E-state index in [2.05, 4.69) is 10.1 Å². The van der Waals surface area contributed by atoms with Crippen LogP contribution in [-0.2, 0) is 30.3 Å². The number of nitrogens with zero attached hydrogens (tertiary/aromatic N) is 4. The zero-order valence-electron chi connectivity index (χ0n) is 21.4. The molecule has 0 aromatic carbocycles. The van der Waals surface area contributed by atoms with E-state index in [0.29, 0.717) is 32.4 Å². The lowest BCUT2D eigenvalue weighted by molar-refractivity contribution is -0.171. The molecule has 2 aromatic rings. The fraction of sp³-hybridized carbons (Fsp3) is 0.640. The molecule has 0 spiro atoms. The van der Waals surface area contributed by atoms with Crippen LogP contribution in [0.1, 0.15) is 62.9 Å². The molecule has 1 saturated heterocycles. The minimum Gasteiger partial charge on any atom is -0.467 e. The van der Waals surface area contributed by atoms with E-state index >= 15 is 0 Å². The number of aromatic nitrogens is 3. The molecular formula is C25H35N5O6. The summed E-state index contributed by atoms with van der Waals surface area (Å²) < 4.78 is 17.2. The van der Waals surface area contributed by atoms with Crippen molar-refractivity contribution < 1.29 is 28.6 Å². The summed E-state index contributed by atoms with van der Waals surface area (Å²) in [4.78, 5) is 43.7. The van der Waals surface area contributed by atoms with Gasteiger partial charge in [0.2, 0.25) is 0 Å². The highest BCUT2D eigenvalue weighted by Gasteiger charge is 2.43. The van der Waals surface area contributed by atoms with Crippen LogP contribution in [-0.4, -0.2) is 76.6 Å². The van der Waals surface area contributed by atoms with Crippen LogP contribution in [0.2, 0.25) is 0 Å². The first-order valence-electron chi connectivity index (χ1n) is 12.5. The highest BCUT2D eigenvalue weighted by Crippen LogP contribution is 2.38. The number of ether oxygens (including phenoxy) is 3. The van der Waals surface area contributed by atoms with Gasteiger partial charge in [0.15, 0.2) is 11.8 Å². The Bertz CT molecular complexity index is 1110. The van der Waals surface area contributed by atoms with Crippen LogP contribution < -0.4 is 5.32 Å². The van der Waals surface area contributed by atoms with Crippen molar-refractivity contribution >= 4 is 29.0 Å². The van der Waals surface area contributed by atoms with Crippen LogP contribution in [0, 0.1) is 6.92 Å². The molecule has 11 nitrogen and oxygen atoms in total. The lowest BCUT2D eigenvalue weighted by atomic mass is 10.0. The number of hydrogen-bond donors (Lipinski definition) is 1. The van der Waals surface area contributed by atoms with Crippen LogP contribution in [0.25, 0.3) is 11.0 Å². The number of pyridine rings is 1. The van der Waals surface area contributed by atoms with Gasteiger partial charge in [0.05, 0.1) is 26.0 Å². The Morgan fingerprint density at radius 2 is 1.92 bits per heavy atom. The number of nitrogens with one attached hydrogen (secondary N) is 1. The molecule has 4 rings (SSSR count). The standard InChI is InChI=1S/C25H35N5O6/c1-15-9-12-18-21(28-29(22(18)27-15)14-6-13-26-25(33)35-4)16(2)30(17-10-11-17)23(31)19-7-5-8-20(36-19)24(32)34-3/h9,12,16-17,19-20H,5-8,10-11,13-14H2,1-4H3,(H,26,33)/t16-,19-,20+/m1/s1. The monoisotopic (exact) mass is 501 g/mol. The van der Waals surface area contributed by atoms with Gasteiger partial charge < -0.3 is 24.4 Å². The Hall–Kier alpha value is -3.21. The predicted octanol–water partition coefficient (Wildman–Crippen LogP) is 2.65. The minimum atomic E-state index is -0.708. The number of carbonyl (C=O) groups is 3. The average Bonchev–Trinajstić information content (AvgIpc) is 3.66. The van der Waals surface area contributed by atoms with Crippen LogP contribution in [0.15, 0.2) is 12.1 Å². The number of esters is 1. The Morgan fingerprint density at radius 1 is 1.17 bits per heavy atom. The highest BCUT2D eigenvalue weighted by atomic mass is 16.6. The maximum atomic E-state index is 13.7. The maximum absolute atomic E-state index is 13.7. The van der Waals surface area contributed by atoms with Crippen molar-refractivity contribution in [3.8, 4) is 0 Å². The lowest BCUT2D eigenvalue weighted by Gasteiger charge is -2.35. The average molecular weight is 502 g/mol. The molecule has 1 aliphatic carbocycles. The summed E-state index contributed by atoms with van der Waals surface area (Å²) >= 11 is 0. The highest BCUT2D eigenvalue weighted by molar-refractivity contribution is 5.85. The Labute approximate surface area is 210 Å². The number of hydrogen-bond acceptors (Lipinski definition) is 8. The summed E-state index contributed by atoms with van der Waals surface area (Å²) in [7, 11) is 2.66. The van der Waals surface area contributed by atoms with Crippen LogP contribution in [0.5, 0.6) is 0 Å². The second-order valence-electron chi connectivity index (χ2n) is 9.42. The Balaban J connectivity index is 1.56. The Kier molecular flexibility index (Phi) is 8.07. The van der Waals surface area contributed by atoms with Gasteiger partial charge in [0.1, 0.15) is 6.10 Å². The number of aryl methyl sites for hydroxylation is 2. The second-order valence-corrected chi connectivity index (χ2v) is 9.42. The van der Waals surface area contributed by atoms with Crippen molar-refractivity contribution in [2.24, 2.45) is 0 Å². The quantitative estimate of drug-likeness (QED) is 0.411. The summed E-state index contributed by atoms with van der Waals surface area (Å²) in [5.41, 5.74) is 2.40. The number of fused-ring (bicyclic) bond motifs is 1.